The van der Waals surface area contributed by atoms with Crippen LogP contribution in [0.2, 0.25) is 5.02 Å². The smallest absolute Gasteiger partial charge is 0.261 e. The molecule has 4 rings (SSSR count). The van der Waals surface area contributed by atoms with Gasteiger partial charge in [0.1, 0.15) is 5.82 Å². The van der Waals surface area contributed by atoms with E-state index < -0.39 is 0 Å². The van der Waals surface area contributed by atoms with Gasteiger partial charge in [-0.1, -0.05) is 11.6 Å². The zero-order valence-corrected chi connectivity index (χ0v) is 17.0. The molecule has 154 valence electrons. The number of hydrogen-bond acceptors (Lipinski definition) is 7. The van der Waals surface area contributed by atoms with Crippen molar-refractivity contribution < 1.29 is 4.79 Å². The number of carbonyl (C=O) groups is 1. The van der Waals surface area contributed by atoms with E-state index in [0.717, 1.165) is 31.5 Å². The third kappa shape index (κ3) is 4.90. The molecule has 0 aromatic carbocycles. The summed E-state index contributed by atoms with van der Waals surface area (Å²) in [5.74, 6) is 0.769. The highest BCUT2D eigenvalue weighted by Gasteiger charge is 2.27. The van der Waals surface area contributed by atoms with E-state index >= 15 is 0 Å². The van der Waals surface area contributed by atoms with Crippen LogP contribution in [0.5, 0.6) is 0 Å². The van der Waals surface area contributed by atoms with Crippen molar-refractivity contribution in [2.45, 2.75) is 18.9 Å². The van der Waals surface area contributed by atoms with Gasteiger partial charge in [-0.15, -0.1) is 0 Å². The Morgan fingerprint density at radius 2 is 1.80 bits per heavy atom. The third-order valence-electron chi connectivity index (χ3n) is 5.11. The monoisotopic (exact) mass is 423 g/mol. The summed E-state index contributed by atoms with van der Waals surface area (Å²) in [5.41, 5.74) is 1.54. The van der Waals surface area contributed by atoms with Crippen LogP contribution in [0, 0.1) is 5.92 Å². The minimum atomic E-state index is -0.341. The fourth-order valence-corrected chi connectivity index (χ4v) is 3.72. The number of piperidine rings is 1. The molecule has 1 atom stereocenters. The van der Waals surface area contributed by atoms with Gasteiger partial charge >= 0.3 is 0 Å². The first kappa shape index (κ1) is 20.2. The van der Waals surface area contributed by atoms with Gasteiger partial charge in [0, 0.05) is 18.6 Å². The number of rotatable bonds is 6. The number of carbonyl (C=O) groups excluding carboxylic acids is 1. The van der Waals surface area contributed by atoms with Gasteiger partial charge in [0.15, 0.2) is 0 Å². The van der Waals surface area contributed by atoms with Crippen molar-refractivity contribution in [2.75, 3.05) is 23.7 Å². The van der Waals surface area contributed by atoms with Gasteiger partial charge in [0.2, 0.25) is 5.95 Å². The highest BCUT2D eigenvalue weighted by Crippen LogP contribution is 2.32. The van der Waals surface area contributed by atoms with Crippen molar-refractivity contribution in [3.8, 4) is 0 Å². The molecule has 4 heterocycles. The average Bonchev–Trinajstić information content (AvgIpc) is 2.80. The van der Waals surface area contributed by atoms with E-state index in [2.05, 4.69) is 35.9 Å². The van der Waals surface area contributed by atoms with Crippen LogP contribution in [0.4, 0.5) is 11.8 Å². The first-order chi connectivity index (χ1) is 14.7. The van der Waals surface area contributed by atoms with Crippen molar-refractivity contribution in [2.24, 2.45) is 5.92 Å². The predicted molar refractivity (Wildman–Crippen MR) is 115 cm³/mol. The molecule has 3 N–H and O–H groups in total. The molecule has 0 radical (unpaired) electrons. The number of nitrogens with one attached hydrogen (secondary N) is 3. The first-order valence-corrected chi connectivity index (χ1v) is 10.2. The summed E-state index contributed by atoms with van der Waals surface area (Å²) in [4.78, 5) is 29.5. The second kappa shape index (κ2) is 9.60. The molecule has 0 saturated carbocycles. The second-order valence-electron chi connectivity index (χ2n) is 7.07. The van der Waals surface area contributed by atoms with E-state index in [1.165, 1.54) is 12.4 Å². The number of nitrogens with zero attached hydrogens (tertiary/aromatic N) is 4. The third-order valence-corrected chi connectivity index (χ3v) is 5.31. The Labute approximate surface area is 179 Å². The lowest BCUT2D eigenvalue weighted by molar-refractivity contribution is 0.102. The molecule has 1 fully saturated rings. The molecule has 3 aromatic heterocycles. The Morgan fingerprint density at radius 1 is 1.07 bits per heavy atom. The number of halogens is 1. The van der Waals surface area contributed by atoms with E-state index in [4.69, 9.17) is 11.6 Å². The Morgan fingerprint density at radius 3 is 2.53 bits per heavy atom. The molecule has 1 aliphatic rings. The van der Waals surface area contributed by atoms with Gasteiger partial charge in [-0.05, 0) is 61.7 Å². The molecular weight excluding hydrogens is 402 g/mol. The molecule has 1 saturated heterocycles. The van der Waals surface area contributed by atoms with E-state index in [-0.39, 0.29) is 17.9 Å². The molecule has 0 aliphatic carbocycles. The fourth-order valence-electron chi connectivity index (χ4n) is 3.62. The van der Waals surface area contributed by atoms with Gasteiger partial charge in [0.25, 0.3) is 5.91 Å². The van der Waals surface area contributed by atoms with Gasteiger partial charge in [-0.3, -0.25) is 15.1 Å². The lowest BCUT2D eigenvalue weighted by Crippen LogP contribution is -2.34. The minimum absolute atomic E-state index is 0.0170. The number of amides is 1. The van der Waals surface area contributed by atoms with Crippen LogP contribution >= 0.6 is 11.6 Å². The summed E-state index contributed by atoms with van der Waals surface area (Å²) in [7, 11) is 0. The van der Waals surface area contributed by atoms with Crippen molar-refractivity contribution >= 4 is 29.3 Å². The second-order valence-corrected chi connectivity index (χ2v) is 7.51. The lowest BCUT2D eigenvalue weighted by atomic mass is 9.86. The predicted octanol–water partition coefficient (Wildman–Crippen LogP) is 3.33. The molecule has 0 bridgehead atoms. The summed E-state index contributed by atoms with van der Waals surface area (Å²) in [6.45, 7) is 1.94. The van der Waals surface area contributed by atoms with E-state index in [9.17, 15) is 4.79 Å². The van der Waals surface area contributed by atoms with Crippen molar-refractivity contribution in [1.29, 1.82) is 0 Å². The zero-order valence-electron chi connectivity index (χ0n) is 16.3. The van der Waals surface area contributed by atoms with Gasteiger partial charge in [0.05, 0.1) is 29.0 Å². The van der Waals surface area contributed by atoms with Crippen LogP contribution < -0.4 is 16.0 Å². The summed E-state index contributed by atoms with van der Waals surface area (Å²) in [6, 6.07) is 7.48. The zero-order chi connectivity index (χ0) is 20.8. The van der Waals surface area contributed by atoms with Crippen LogP contribution in [0.15, 0.2) is 55.2 Å². The van der Waals surface area contributed by atoms with Crippen LogP contribution in [-0.4, -0.2) is 38.9 Å². The largest absolute Gasteiger partial charge is 0.362 e. The first-order valence-electron chi connectivity index (χ1n) is 9.82. The summed E-state index contributed by atoms with van der Waals surface area (Å²) < 4.78 is 0. The summed E-state index contributed by atoms with van der Waals surface area (Å²) in [5, 5.41) is 10.0. The van der Waals surface area contributed by atoms with E-state index in [1.54, 1.807) is 30.7 Å². The highest BCUT2D eigenvalue weighted by molar-refractivity contribution is 6.30. The SMILES string of the molecule is O=C(Nc1ncc(Cl)cn1)c1cccnc1NC(c1ccncc1)C1CCNCC1. The normalized spacial score (nSPS) is 15.4. The maximum absolute atomic E-state index is 12.9. The maximum Gasteiger partial charge on any atom is 0.261 e. The summed E-state index contributed by atoms with van der Waals surface area (Å²) >= 11 is 5.81. The van der Waals surface area contributed by atoms with Crippen LogP contribution in [0.3, 0.4) is 0 Å². The van der Waals surface area contributed by atoms with Crippen LogP contribution in [-0.2, 0) is 0 Å². The van der Waals surface area contributed by atoms with Crippen LogP contribution in [0.25, 0.3) is 0 Å². The molecule has 30 heavy (non-hydrogen) atoms. The van der Waals surface area contributed by atoms with Crippen molar-refractivity contribution in [1.82, 2.24) is 25.3 Å². The minimum Gasteiger partial charge on any atom is -0.362 e. The average molecular weight is 424 g/mol. The number of hydrogen-bond donors (Lipinski definition) is 3. The van der Waals surface area contributed by atoms with Crippen LogP contribution in [0.1, 0.15) is 34.8 Å². The van der Waals surface area contributed by atoms with E-state index in [1.807, 2.05) is 12.1 Å². The molecule has 1 unspecified atom stereocenters. The Kier molecular flexibility index (Phi) is 6.46. The molecule has 8 nitrogen and oxygen atoms in total. The molecule has 0 spiro atoms. The number of anilines is 2. The number of pyridine rings is 2. The maximum atomic E-state index is 12.9. The molecular formula is C21H22ClN7O. The molecule has 9 heteroatoms. The van der Waals surface area contributed by atoms with Crippen molar-refractivity contribution in [3.05, 3.63) is 71.4 Å². The highest BCUT2D eigenvalue weighted by atomic mass is 35.5. The molecule has 1 amide bonds. The number of aromatic nitrogens is 4. The quantitative estimate of drug-likeness (QED) is 0.558. The topological polar surface area (TPSA) is 105 Å². The Hall–Kier alpha value is -3.10. The van der Waals surface area contributed by atoms with E-state index in [0.29, 0.717) is 22.3 Å². The molecule has 1 aliphatic heterocycles. The van der Waals surface area contributed by atoms with Gasteiger partial charge in [-0.25, -0.2) is 15.0 Å². The Bertz CT molecular complexity index is 978. The fraction of sp³-hybridized carbons (Fsp3) is 0.286. The standard InChI is InChI=1S/C21H22ClN7O/c22-16-12-26-21(27-13-16)29-20(30)17-2-1-7-25-19(17)28-18(14-3-8-23-9-4-14)15-5-10-24-11-6-15/h1-4,7-9,12-13,15,18,24H,5-6,10-11H2,(H,25,28)(H,26,27,29,30). The van der Waals surface area contributed by atoms with Crippen molar-refractivity contribution in [3.63, 3.8) is 0 Å². The summed E-state index contributed by atoms with van der Waals surface area (Å²) in [6.07, 6.45) is 10.2. The molecule has 3 aromatic rings. The van der Waals surface area contributed by atoms with Gasteiger partial charge in [-0.2, -0.15) is 0 Å². The van der Waals surface area contributed by atoms with Gasteiger partial charge < -0.3 is 10.6 Å². The lowest BCUT2D eigenvalue weighted by Gasteiger charge is -2.32. The Balaban J connectivity index is 1.59.